The van der Waals surface area contributed by atoms with Gasteiger partial charge >= 0.3 is 0 Å². The maximum atomic E-state index is 5.21. The summed E-state index contributed by atoms with van der Waals surface area (Å²) in [5.41, 5.74) is 1.41. The van der Waals surface area contributed by atoms with Crippen LogP contribution in [0.5, 0.6) is 5.75 Å². The molecule has 0 aromatic heterocycles. The van der Waals surface area contributed by atoms with Crippen molar-refractivity contribution in [1.82, 2.24) is 4.90 Å². The van der Waals surface area contributed by atoms with Crippen LogP contribution in [0.3, 0.4) is 0 Å². The summed E-state index contributed by atoms with van der Waals surface area (Å²) in [5.74, 6) is 1.54. The molecule has 0 aliphatic carbocycles. The molecule has 2 rings (SSSR count). The van der Waals surface area contributed by atoms with Crippen LogP contribution in [0.15, 0.2) is 24.3 Å². The quantitative estimate of drug-likeness (QED) is 0.805. The summed E-state index contributed by atoms with van der Waals surface area (Å²) in [4.78, 5) is 2.64. The molecule has 2 heteroatoms. The van der Waals surface area contributed by atoms with Gasteiger partial charge in [-0.25, -0.2) is 0 Å². The van der Waals surface area contributed by atoms with Gasteiger partial charge in [0.25, 0.3) is 0 Å². The third kappa shape index (κ3) is 3.26. The van der Waals surface area contributed by atoms with Gasteiger partial charge in [0.1, 0.15) is 5.75 Å². The maximum absolute atomic E-state index is 5.21. The average molecular weight is 247 g/mol. The fourth-order valence-electron chi connectivity index (χ4n) is 2.82. The standard InChI is InChI=1S/C16H25NO/c1-13(12-17-11-5-4-6-14(17)2)15-7-9-16(18-3)10-8-15/h7-10,13-14H,4-6,11-12H2,1-3H3. The SMILES string of the molecule is COc1ccc(C(C)CN2CCCCC2C)cc1. The Kier molecular flexibility index (Phi) is 4.65. The molecule has 0 amide bonds. The number of methoxy groups -OCH3 is 1. The Labute approximate surface area is 111 Å². The van der Waals surface area contributed by atoms with Crippen LogP contribution < -0.4 is 4.74 Å². The van der Waals surface area contributed by atoms with Gasteiger partial charge in [0.15, 0.2) is 0 Å². The summed E-state index contributed by atoms with van der Waals surface area (Å²) in [6, 6.07) is 9.26. The average Bonchev–Trinajstić information content (AvgIpc) is 2.41. The van der Waals surface area contributed by atoms with E-state index in [1.807, 2.05) is 0 Å². The van der Waals surface area contributed by atoms with Crippen LogP contribution in [0.25, 0.3) is 0 Å². The normalized spacial score (nSPS) is 22.7. The van der Waals surface area contributed by atoms with Gasteiger partial charge in [-0.05, 0) is 49.9 Å². The molecule has 2 nitrogen and oxygen atoms in total. The Morgan fingerprint density at radius 1 is 1.28 bits per heavy atom. The molecule has 0 saturated carbocycles. The molecular weight excluding hydrogens is 222 g/mol. The summed E-state index contributed by atoms with van der Waals surface area (Å²) >= 11 is 0. The van der Waals surface area contributed by atoms with Crippen LogP contribution in [0, 0.1) is 0 Å². The summed E-state index contributed by atoms with van der Waals surface area (Å²) in [6.45, 7) is 7.12. The van der Waals surface area contributed by atoms with Crippen molar-refractivity contribution in [2.75, 3.05) is 20.2 Å². The highest BCUT2D eigenvalue weighted by Crippen LogP contribution is 2.23. The van der Waals surface area contributed by atoms with Gasteiger partial charge in [-0.1, -0.05) is 25.5 Å². The first kappa shape index (κ1) is 13.4. The number of hydrogen-bond acceptors (Lipinski definition) is 2. The Morgan fingerprint density at radius 3 is 2.61 bits per heavy atom. The first-order valence-electron chi connectivity index (χ1n) is 7.08. The molecule has 1 aromatic carbocycles. The van der Waals surface area contributed by atoms with Crippen LogP contribution in [0.1, 0.15) is 44.6 Å². The molecular formula is C16H25NO. The van der Waals surface area contributed by atoms with Crippen molar-refractivity contribution < 1.29 is 4.74 Å². The fourth-order valence-corrected chi connectivity index (χ4v) is 2.82. The summed E-state index contributed by atoms with van der Waals surface area (Å²) in [7, 11) is 1.72. The molecule has 1 aliphatic heterocycles. The number of hydrogen-bond donors (Lipinski definition) is 0. The minimum atomic E-state index is 0.594. The van der Waals surface area contributed by atoms with Crippen LogP contribution in [0.2, 0.25) is 0 Å². The third-order valence-corrected chi connectivity index (χ3v) is 4.13. The largest absolute Gasteiger partial charge is 0.497 e. The van der Waals surface area contributed by atoms with Gasteiger partial charge in [-0.2, -0.15) is 0 Å². The molecule has 0 radical (unpaired) electrons. The number of benzene rings is 1. The second kappa shape index (κ2) is 6.24. The first-order chi connectivity index (χ1) is 8.70. The van der Waals surface area contributed by atoms with E-state index in [9.17, 15) is 0 Å². The molecule has 0 bridgehead atoms. The predicted molar refractivity (Wildman–Crippen MR) is 76.3 cm³/mol. The summed E-state index contributed by atoms with van der Waals surface area (Å²) in [6.07, 6.45) is 4.11. The highest BCUT2D eigenvalue weighted by atomic mass is 16.5. The summed E-state index contributed by atoms with van der Waals surface area (Å²) < 4.78 is 5.21. The van der Waals surface area contributed by atoms with E-state index in [4.69, 9.17) is 4.74 Å². The molecule has 0 N–H and O–H groups in total. The van der Waals surface area contributed by atoms with Crippen LogP contribution >= 0.6 is 0 Å². The van der Waals surface area contributed by atoms with Gasteiger partial charge in [-0.15, -0.1) is 0 Å². The molecule has 1 fully saturated rings. The van der Waals surface area contributed by atoms with E-state index in [0.29, 0.717) is 5.92 Å². The minimum absolute atomic E-state index is 0.594. The van der Waals surface area contributed by atoms with Gasteiger partial charge in [0.2, 0.25) is 0 Å². The van der Waals surface area contributed by atoms with Crippen LogP contribution in [-0.2, 0) is 0 Å². The van der Waals surface area contributed by atoms with Crippen molar-refractivity contribution in [2.45, 2.75) is 45.1 Å². The molecule has 1 aliphatic rings. The van der Waals surface area contributed by atoms with Gasteiger partial charge in [-0.3, -0.25) is 0 Å². The Morgan fingerprint density at radius 2 is 2.00 bits per heavy atom. The topological polar surface area (TPSA) is 12.5 Å². The van der Waals surface area contributed by atoms with Crippen LogP contribution in [0.4, 0.5) is 0 Å². The van der Waals surface area contributed by atoms with E-state index < -0.39 is 0 Å². The number of piperidine rings is 1. The monoisotopic (exact) mass is 247 g/mol. The maximum Gasteiger partial charge on any atom is 0.118 e. The van der Waals surface area contributed by atoms with Crippen molar-refractivity contribution >= 4 is 0 Å². The van der Waals surface area contributed by atoms with Crippen molar-refractivity contribution in [3.05, 3.63) is 29.8 Å². The van der Waals surface area contributed by atoms with E-state index >= 15 is 0 Å². The lowest BCUT2D eigenvalue weighted by Crippen LogP contribution is -2.39. The van der Waals surface area contributed by atoms with Crippen molar-refractivity contribution in [3.63, 3.8) is 0 Å². The molecule has 18 heavy (non-hydrogen) atoms. The van der Waals surface area contributed by atoms with Gasteiger partial charge < -0.3 is 9.64 Å². The van der Waals surface area contributed by atoms with Crippen molar-refractivity contribution in [2.24, 2.45) is 0 Å². The second-order valence-electron chi connectivity index (χ2n) is 5.51. The number of rotatable bonds is 4. The smallest absolute Gasteiger partial charge is 0.118 e. The molecule has 1 saturated heterocycles. The zero-order chi connectivity index (χ0) is 13.0. The minimum Gasteiger partial charge on any atom is -0.497 e. The zero-order valence-electron chi connectivity index (χ0n) is 11.9. The van der Waals surface area contributed by atoms with Gasteiger partial charge in [0.05, 0.1) is 7.11 Å². The molecule has 1 aromatic rings. The molecule has 2 atom stereocenters. The van der Waals surface area contributed by atoms with Crippen LogP contribution in [-0.4, -0.2) is 31.1 Å². The van der Waals surface area contributed by atoms with E-state index in [1.54, 1.807) is 7.11 Å². The van der Waals surface area contributed by atoms with Crippen molar-refractivity contribution in [3.8, 4) is 5.75 Å². The molecule has 100 valence electrons. The zero-order valence-corrected chi connectivity index (χ0v) is 11.9. The van der Waals surface area contributed by atoms with Crippen molar-refractivity contribution in [1.29, 1.82) is 0 Å². The van der Waals surface area contributed by atoms with Gasteiger partial charge in [0, 0.05) is 12.6 Å². The lowest BCUT2D eigenvalue weighted by atomic mass is 9.97. The Bertz CT molecular complexity index is 360. The lowest BCUT2D eigenvalue weighted by Gasteiger charge is -2.35. The highest BCUT2D eigenvalue weighted by Gasteiger charge is 2.20. The fraction of sp³-hybridized carbons (Fsp3) is 0.625. The number of nitrogens with zero attached hydrogens (tertiary/aromatic N) is 1. The Hall–Kier alpha value is -1.02. The highest BCUT2D eigenvalue weighted by molar-refractivity contribution is 5.29. The summed E-state index contributed by atoms with van der Waals surface area (Å²) in [5, 5.41) is 0. The lowest BCUT2D eigenvalue weighted by molar-refractivity contribution is 0.153. The molecule has 2 unspecified atom stereocenters. The van der Waals surface area contributed by atoms with E-state index in [0.717, 1.165) is 11.8 Å². The predicted octanol–water partition coefficient (Wildman–Crippen LogP) is 3.67. The van der Waals surface area contributed by atoms with E-state index in [1.165, 1.54) is 37.9 Å². The second-order valence-corrected chi connectivity index (χ2v) is 5.51. The van der Waals surface area contributed by atoms with E-state index in [2.05, 4.69) is 43.0 Å². The number of ether oxygens (including phenoxy) is 1. The Balaban J connectivity index is 1.95. The third-order valence-electron chi connectivity index (χ3n) is 4.13. The first-order valence-corrected chi connectivity index (χ1v) is 7.08. The number of likely N-dealkylation sites (tertiary alicyclic amines) is 1. The van der Waals surface area contributed by atoms with E-state index in [-0.39, 0.29) is 0 Å². The molecule has 0 spiro atoms. The molecule has 1 heterocycles.